The third kappa shape index (κ3) is 4.10. The van der Waals surface area contributed by atoms with Crippen LogP contribution in [0, 0.1) is 0 Å². The zero-order valence-electron chi connectivity index (χ0n) is 17.2. The second-order valence-electron chi connectivity index (χ2n) is 6.97. The minimum atomic E-state index is -0.309. The lowest BCUT2D eigenvalue weighted by atomic mass is 10.1. The molecule has 2 amide bonds. The van der Waals surface area contributed by atoms with Crippen LogP contribution >= 0.6 is 11.3 Å². The summed E-state index contributed by atoms with van der Waals surface area (Å²) >= 11 is 1.36. The molecule has 2 heterocycles. The molecule has 0 saturated carbocycles. The molecule has 0 aliphatic carbocycles. The number of rotatable bonds is 5. The Kier molecular flexibility index (Phi) is 5.64. The van der Waals surface area contributed by atoms with Crippen LogP contribution in [0.15, 0.2) is 60.8 Å². The van der Waals surface area contributed by atoms with Gasteiger partial charge in [-0.1, -0.05) is 41.7 Å². The molecule has 0 saturated heterocycles. The number of carbonyl (C=O) groups excluding carboxylic acids is 2. The first kappa shape index (κ1) is 20.5. The minimum absolute atomic E-state index is 0.119. The van der Waals surface area contributed by atoms with Gasteiger partial charge in [-0.15, -0.1) is 0 Å². The smallest absolute Gasteiger partial charge is 0.257 e. The molecular weight excluding hydrogens is 412 g/mol. The van der Waals surface area contributed by atoms with Crippen LogP contribution in [0.2, 0.25) is 0 Å². The topological polar surface area (TPSA) is 84.4 Å². The van der Waals surface area contributed by atoms with Crippen molar-refractivity contribution in [3.63, 3.8) is 0 Å². The third-order valence-electron chi connectivity index (χ3n) is 4.68. The Morgan fingerprint density at radius 3 is 2.32 bits per heavy atom. The van der Waals surface area contributed by atoms with Crippen molar-refractivity contribution < 1.29 is 14.3 Å². The van der Waals surface area contributed by atoms with Crippen molar-refractivity contribution in [1.29, 1.82) is 0 Å². The van der Waals surface area contributed by atoms with E-state index in [9.17, 15) is 9.59 Å². The standard InChI is InChI=1S/C23H20N4O3S/c1-27(2)22(29)16-11-9-15(10-12-16)20(28)26-23-25-18-19(31-23)17(13-24-21(18)30-3)14-7-5-4-6-8-14/h4-13H,1-3H3,(H,25,26,28). The highest BCUT2D eigenvalue weighted by Gasteiger charge is 2.17. The number of nitrogens with one attached hydrogen (secondary N) is 1. The first-order valence-corrected chi connectivity index (χ1v) is 10.3. The van der Waals surface area contributed by atoms with Gasteiger partial charge in [-0.25, -0.2) is 9.97 Å². The second kappa shape index (κ2) is 8.53. The van der Waals surface area contributed by atoms with Crippen molar-refractivity contribution in [3.8, 4) is 17.0 Å². The zero-order chi connectivity index (χ0) is 22.0. The molecule has 0 aliphatic heterocycles. The molecule has 0 atom stereocenters. The fourth-order valence-corrected chi connectivity index (χ4v) is 4.09. The lowest BCUT2D eigenvalue weighted by Crippen LogP contribution is -2.21. The summed E-state index contributed by atoms with van der Waals surface area (Å²) in [6, 6.07) is 16.4. The maximum Gasteiger partial charge on any atom is 0.257 e. The second-order valence-corrected chi connectivity index (χ2v) is 7.97. The van der Waals surface area contributed by atoms with Crippen LogP contribution in [-0.4, -0.2) is 47.9 Å². The fourth-order valence-electron chi connectivity index (χ4n) is 3.11. The van der Waals surface area contributed by atoms with Crippen LogP contribution in [-0.2, 0) is 0 Å². The highest BCUT2D eigenvalue weighted by Crippen LogP contribution is 2.38. The van der Waals surface area contributed by atoms with Gasteiger partial charge in [-0.2, -0.15) is 0 Å². The molecule has 0 radical (unpaired) electrons. The summed E-state index contributed by atoms with van der Waals surface area (Å²) in [5.74, 6) is -0.0276. The summed E-state index contributed by atoms with van der Waals surface area (Å²) in [5.41, 5.74) is 3.47. The van der Waals surface area contributed by atoms with E-state index >= 15 is 0 Å². The summed E-state index contributed by atoms with van der Waals surface area (Å²) in [6.07, 6.45) is 1.75. The highest BCUT2D eigenvalue weighted by atomic mass is 32.1. The van der Waals surface area contributed by atoms with Crippen molar-refractivity contribution in [2.75, 3.05) is 26.5 Å². The van der Waals surface area contributed by atoms with E-state index in [1.165, 1.54) is 23.3 Å². The summed E-state index contributed by atoms with van der Waals surface area (Å²) in [4.78, 5) is 35.1. The van der Waals surface area contributed by atoms with E-state index in [1.54, 1.807) is 44.6 Å². The van der Waals surface area contributed by atoms with Crippen LogP contribution in [0.25, 0.3) is 21.3 Å². The molecule has 2 aromatic carbocycles. The van der Waals surface area contributed by atoms with Gasteiger partial charge in [-0.05, 0) is 29.8 Å². The Morgan fingerprint density at radius 2 is 1.68 bits per heavy atom. The van der Waals surface area contributed by atoms with Gasteiger partial charge in [0.15, 0.2) is 5.13 Å². The SMILES string of the molecule is COc1ncc(-c2ccccc2)c2sc(NC(=O)c3ccc(C(=O)N(C)C)cc3)nc12. The normalized spacial score (nSPS) is 10.7. The molecule has 0 bridgehead atoms. The van der Waals surface area contributed by atoms with Gasteiger partial charge in [-0.3, -0.25) is 14.9 Å². The van der Waals surface area contributed by atoms with E-state index in [0.29, 0.717) is 27.7 Å². The van der Waals surface area contributed by atoms with Crippen LogP contribution < -0.4 is 10.1 Å². The summed E-state index contributed by atoms with van der Waals surface area (Å²) in [5, 5.41) is 3.28. The van der Waals surface area contributed by atoms with Gasteiger partial charge in [0.25, 0.3) is 11.8 Å². The molecule has 0 fully saturated rings. The predicted molar refractivity (Wildman–Crippen MR) is 122 cm³/mol. The van der Waals surface area contributed by atoms with Crippen LogP contribution in [0.5, 0.6) is 5.88 Å². The molecule has 4 aromatic rings. The molecule has 31 heavy (non-hydrogen) atoms. The number of pyridine rings is 1. The van der Waals surface area contributed by atoms with Crippen LogP contribution in [0.4, 0.5) is 5.13 Å². The maximum absolute atomic E-state index is 12.7. The molecule has 0 aliphatic rings. The number of ether oxygens (including phenoxy) is 1. The molecule has 1 N–H and O–H groups in total. The third-order valence-corrected chi connectivity index (χ3v) is 5.69. The Labute approximate surface area is 183 Å². The van der Waals surface area contributed by atoms with E-state index in [4.69, 9.17) is 4.74 Å². The monoisotopic (exact) mass is 432 g/mol. The molecular formula is C23H20N4O3S. The van der Waals surface area contributed by atoms with Gasteiger partial charge in [0.05, 0.1) is 11.8 Å². The zero-order valence-corrected chi connectivity index (χ0v) is 18.1. The first-order valence-electron chi connectivity index (χ1n) is 9.50. The summed E-state index contributed by atoms with van der Waals surface area (Å²) in [7, 11) is 4.91. The molecule has 2 aromatic heterocycles. The molecule has 0 unspecified atom stereocenters. The average molecular weight is 433 g/mol. The van der Waals surface area contributed by atoms with Crippen molar-refractivity contribution in [2.24, 2.45) is 0 Å². The number of hydrogen-bond acceptors (Lipinski definition) is 6. The first-order chi connectivity index (χ1) is 15.0. The van der Waals surface area contributed by atoms with E-state index in [2.05, 4.69) is 15.3 Å². The van der Waals surface area contributed by atoms with Crippen molar-refractivity contribution in [1.82, 2.24) is 14.9 Å². The van der Waals surface area contributed by atoms with Crippen molar-refractivity contribution in [2.45, 2.75) is 0 Å². The molecule has 156 valence electrons. The number of aromatic nitrogens is 2. The number of anilines is 1. The summed E-state index contributed by atoms with van der Waals surface area (Å²) < 4.78 is 6.24. The highest BCUT2D eigenvalue weighted by molar-refractivity contribution is 7.23. The number of hydrogen-bond donors (Lipinski definition) is 1. The number of benzene rings is 2. The Morgan fingerprint density at radius 1 is 1.00 bits per heavy atom. The molecule has 0 spiro atoms. The predicted octanol–water partition coefficient (Wildman–Crippen LogP) is 4.32. The Hall–Kier alpha value is -3.78. The number of carbonyl (C=O) groups is 2. The number of thiazole rings is 1. The van der Waals surface area contributed by atoms with Crippen molar-refractivity contribution in [3.05, 3.63) is 71.9 Å². The average Bonchev–Trinajstić information content (AvgIpc) is 3.22. The van der Waals surface area contributed by atoms with Crippen molar-refractivity contribution >= 4 is 38.5 Å². The number of fused-ring (bicyclic) bond motifs is 1. The number of amides is 2. The maximum atomic E-state index is 12.7. The largest absolute Gasteiger partial charge is 0.479 e. The quantitative estimate of drug-likeness (QED) is 0.508. The lowest BCUT2D eigenvalue weighted by Gasteiger charge is -2.10. The fraction of sp³-hybridized carbons (Fsp3) is 0.130. The van der Waals surface area contributed by atoms with E-state index in [1.807, 2.05) is 30.3 Å². The Bertz CT molecular complexity index is 1250. The van der Waals surface area contributed by atoms with Gasteiger partial charge in [0.1, 0.15) is 5.52 Å². The van der Waals surface area contributed by atoms with E-state index in [0.717, 1.165) is 15.8 Å². The Balaban J connectivity index is 1.64. The summed E-state index contributed by atoms with van der Waals surface area (Å²) in [6.45, 7) is 0. The van der Waals surface area contributed by atoms with Gasteiger partial charge < -0.3 is 9.64 Å². The lowest BCUT2D eigenvalue weighted by molar-refractivity contribution is 0.0827. The van der Waals surface area contributed by atoms with Gasteiger partial charge in [0.2, 0.25) is 5.88 Å². The molecule has 7 nitrogen and oxygen atoms in total. The van der Waals surface area contributed by atoms with E-state index < -0.39 is 0 Å². The van der Waals surface area contributed by atoms with Crippen LogP contribution in [0.3, 0.4) is 0 Å². The van der Waals surface area contributed by atoms with E-state index in [-0.39, 0.29) is 11.8 Å². The van der Waals surface area contributed by atoms with Gasteiger partial charge >= 0.3 is 0 Å². The number of nitrogens with zero attached hydrogens (tertiary/aromatic N) is 3. The number of methoxy groups -OCH3 is 1. The van der Waals surface area contributed by atoms with Crippen LogP contribution in [0.1, 0.15) is 20.7 Å². The molecule has 4 rings (SSSR count). The minimum Gasteiger partial charge on any atom is -0.479 e. The van der Waals surface area contributed by atoms with Gasteiger partial charge in [0, 0.05) is 37.0 Å². The molecule has 8 heteroatoms.